The van der Waals surface area contributed by atoms with E-state index in [0.29, 0.717) is 5.92 Å². The molecule has 5 nitrogen and oxygen atoms in total. The topological polar surface area (TPSA) is 60.4 Å². The second kappa shape index (κ2) is 9.39. The fraction of sp³-hybridized carbons (Fsp3) is 0.375. The highest BCUT2D eigenvalue weighted by molar-refractivity contribution is 7.07. The normalized spacial score (nSPS) is 13.1. The molecule has 0 spiro atoms. The van der Waals surface area contributed by atoms with Crippen LogP contribution in [0.25, 0.3) is 11.3 Å². The Morgan fingerprint density at radius 3 is 2.50 bits per heavy atom. The monoisotopic (exact) mass is 423 g/mol. The lowest BCUT2D eigenvalue weighted by Gasteiger charge is -2.18. The average Bonchev–Trinajstić information content (AvgIpc) is 3.12. The van der Waals surface area contributed by atoms with Crippen LogP contribution in [-0.4, -0.2) is 9.49 Å². The highest BCUT2D eigenvalue weighted by atomic mass is 32.1. The van der Waals surface area contributed by atoms with Crippen molar-refractivity contribution in [3.05, 3.63) is 73.9 Å². The fourth-order valence-electron chi connectivity index (χ4n) is 3.43. The van der Waals surface area contributed by atoms with Crippen LogP contribution in [-0.2, 0) is 0 Å². The molecular weight excluding hydrogens is 394 g/mol. The number of nitro groups is 1. The van der Waals surface area contributed by atoms with Crippen molar-refractivity contribution in [2.24, 2.45) is 10.9 Å². The van der Waals surface area contributed by atoms with Gasteiger partial charge in [0.2, 0.25) is 0 Å². The summed E-state index contributed by atoms with van der Waals surface area (Å²) in [4.78, 5) is 16.8. The fourth-order valence-corrected chi connectivity index (χ4v) is 4.44. The molecule has 158 valence electrons. The Morgan fingerprint density at radius 1 is 1.07 bits per heavy atom. The van der Waals surface area contributed by atoms with E-state index >= 15 is 0 Å². The highest BCUT2D eigenvalue weighted by Gasteiger charge is 2.17. The first-order chi connectivity index (χ1) is 14.3. The number of benzene rings is 2. The molecule has 1 aromatic heterocycles. The Balaban J connectivity index is 2.13. The van der Waals surface area contributed by atoms with E-state index < -0.39 is 0 Å². The van der Waals surface area contributed by atoms with Crippen molar-refractivity contribution in [1.82, 2.24) is 4.57 Å². The number of thiazole rings is 1. The number of nitrogens with zero attached hydrogens (tertiary/aromatic N) is 3. The minimum atomic E-state index is -0.344. The van der Waals surface area contributed by atoms with E-state index in [0.717, 1.165) is 34.6 Å². The van der Waals surface area contributed by atoms with Gasteiger partial charge in [0.25, 0.3) is 5.69 Å². The van der Waals surface area contributed by atoms with Gasteiger partial charge in [0.1, 0.15) is 0 Å². The van der Waals surface area contributed by atoms with Gasteiger partial charge in [-0.15, -0.1) is 11.3 Å². The Kier molecular flexibility index (Phi) is 6.87. The summed E-state index contributed by atoms with van der Waals surface area (Å²) in [6, 6.07) is 13.3. The van der Waals surface area contributed by atoms with E-state index in [9.17, 15) is 10.1 Å². The lowest BCUT2D eigenvalue weighted by Crippen LogP contribution is -2.20. The van der Waals surface area contributed by atoms with Gasteiger partial charge in [0.15, 0.2) is 4.80 Å². The van der Waals surface area contributed by atoms with Crippen LogP contribution < -0.4 is 4.80 Å². The van der Waals surface area contributed by atoms with Crippen LogP contribution in [0.3, 0.4) is 0 Å². The van der Waals surface area contributed by atoms with Gasteiger partial charge in [0.05, 0.1) is 16.3 Å². The molecule has 3 rings (SSSR count). The Labute approximate surface area is 181 Å². The molecule has 0 N–H and O–H groups in total. The largest absolute Gasteiger partial charge is 0.314 e. The van der Waals surface area contributed by atoms with E-state index in [1.165, 1.54) is 17.2 Å². The Bertz CT molecular complexity index is 1110. The van der Waals surface area contributed by atoms with E-state index in [2.05, 4.69) is 56.7 Å². The number of hydrogen-bond acceptors (Lipinski definition) is 4. The molecule has 1 heterocycles. The standard InChI is InChI=1S/C24H29N3O2S/c1-16(2)9-11-19(5)26-23(20-7-6-8-22(14-20)27(28)29)15-30-24(26)25-21-12-10-17(3)18(4)13-21/h6-8,10,12-16,19H,9,11H2,1-5H3. The summed E-state index contributed by atoms with van der Waals surface area (Å²) in [5.74, 6) is 0.619. The van der Waals surface area contributed by atoms with Gasteiger partial charge >= 0.3 is 0 Å². The van der Waals surface area contributed by atoms with Crippen LogP contribution >= 0.6 is 11.3 Å². The molecule has 0 saturated heterocycles. The van der Waals surface area contributed by atoms with Crippen molar-refractivity contribution in [2.75, 3.05) is 0 Å². The van der Waals surface area contributed by atoms with Crippen LogP contribution in [0.2, 0.25) is 0 Å². The van der Waals surface area contributed by atoms with Crippen molar-refractivity contribution in [3.8, 4) is 11.3 Å². The molecule has 0 amide bonds. The molecule has 0 bridgehead atoms. The first-order valence-electron chi connectivity index (χ1n) is 10.3. The summed E-state index contributed by atoms with van der Waals surface area (Å²) in [7, 11) is 0. The van der Waals surface area contributed by atoms with Gasteiger partial charge in [-0.2, -0.15) is 0 Å². The molecule has 0 aliphatic carbocycles. The minimum absolute atomic E-state index is 0.104. The second-order valence-corrected chi connectivity index (χ2v) is 9.12. The third kappa shape index (κ3) is 5.05. The third-order valence-electron chi connectivity index (χ3n) is 5.41. The van der Waals surface area contributed by atoms with Gasteiger partial charge in [-0.3, -0.25) is 10.1 Å². The number of hydrogen-bond donors (Lipinski definition) is 0. The molecular formula is C24H29N3O2S. The van der Waals surface area contributed by atoms with E-state index in [1.807, 2.05) is 12.1 Å². The average molecular weight is 424 g/mol. The first-order valence-corrected chi connectivity index (χ1v) is 11.2. The maximum Gasteiger partial charge on any atom is 0.270 e. The van der Waals surface area contributed by atoms with Crippen molar-refractivity contribution >= 4 is 22.7 Å². The number of non-ortho nitro benzene ring substituents is 1. The number of aryl methyl sites for hydroxylation is 2. The first kappa shape index (κ1) is 22.0. The Morgan fingerprint density at radius 2 is 1.83 bits per heavy atom. The second-order valence-electron chi connectivity index (χ2n) is 8.28. The molecule has 30 heavy (non-hydrogen) atoms. The van der Waals surface area contributed by atoms with Crippen LogP contribution in [0.4, 0.5) is 11.4 Å². The zero-order valence-corrected chi connectivity index (χ0v) is 19.1. The summed E-state index contributed by atoms with van der Waals surface area (Å²) in [6.07, 6.45) is 2.14. The maximum atomic E-state index is 11.3. The van der Waals surface area contributed by atoms with Crippen LogP contribution in [0.15, 0.2) is 52.8 Å². The summed E-state index contributed by atoms with van der Waals surface area (Å²) in [5, 5.41) is 13.3. The Hall–Kier alpha value is -2.73. The summed E-state index contributed by atoms with van der Waals surface area (Å²) in [5.41, 5.74) is 5.31. The van der Waals surface area contributed by atoms with Crippen molar-refractivity contribution < 1.29 is 4.92 Å². The van der Waals surface area contributed by atoms with Crippen molar-refractivity contribution in [3.63, 3.8) is 0 Å². The molecule has 1 atom stereocenters. The van der Waals surface area contributed by atoms with Crippen LogP contribution in [0.5, 0.6) is 0 Å². The highest BCUT2D eigenvalue weighted by Crippen LogP contribution is 2.29. The third-order valence-corrected chi connectivity index (χ3v) is 6.25. The maximum absolute atomic E-state index is 11.3. The smallest absolute Gasteiger partial charge is 0.270 e. The van der Waals surface area contributed by atoms with Gasteiger partial charge in [-0.1, -0.05) is 32.0 Å². The van der Waals surface area contributed by atoms with Gasteiger partial charge in [0, 0.05) is 29.1 Å². The molecule has 0 fully saturated rings. The van der Waals surface area contributed by atoms with Crippen LogP contribution in [0.1, 0.15) is 50.8 Å². The molecule has 1 unspecified atom stereocenters. The predicted octanol–water partition coefficient (Wildman–Crippen LogP) is 6.97. The minimum Gasteiger partial charge on any atom is -0.314 e. The quantitative estimate of drug-likeness (QED) is 0.304. The lowest BCUT2D eigenvalue weighted by molar-refractivity contribution is -0.384. The van der Waals surface area contributed by atoms with E-state index in [-0.39, 0.29) is 16.7 Å². The molecule has 0 radical (unpaired) electrons. The van der Waals surface area contributed by atoms with Gasteiger partial charge in [-0.25, -0.2) is 4.99 Å². The lowest BCUT2D eigenvalue weighted by atomic mass is 10.0. The predicted molar refractivity (Wildman–Crippen MR) is 124 cm³/mol. The molecule has 0 aliphatic heterocycles. The number of rotatable bonds is 7. The SMILES string of the molecule is Cc1ccc(N=c2scc(-c3cccc([N+](=O)[O-])c3)n2C(C)CCC(C)C)cc1C. The molecule has 6 heteroatoms. The van der Waals surface area contributed by atoms with Gasteiger partial charge in [-0.05, 0) is 62.8 Å². The molecule has 0 saturated carbocycles. The molecule has 0 aliphatic rings. The number of aromatic nitrogens is 1. The number of nitro benzene ring substituents is 1. The summed E-state index contributed by atoms with van der Waals surface area (Å²) < 4.78 is 2.24. The van der Waals surface area contributed by atoms with Crippen molar-refractivity contribution in [1.29, 1.82) is 0 Å². The molecule has 3 aromatic rings. The van der Waals surface area contributed by atoms with Gasteiger partial charge < -0.3 is 4.57 Å². The molecule has 2 aromatic carbocycles. The van der Waals surface area contributed by atoms with Crippen molar-refractivity contribution in [2.45, 2.75) is 53.5 Å². The van der Waals surface area contributed by atoms with Crippen LogP contribution in [0, 0.1) is 29.9 Å². The van der Waals surface area contributed by atoms with E-state index in [4.69, 9.17) is 4.99 Å². The summed E-state index contributed by atoms with van der Waals surface area (Å²) in [6.45, 7) is 10.9. The zero-order valence-electron chi connectivity index (χ0n) is 18.3. The van der Waals surface area contributed by atoms with E-state index in [1.54, 1.807) is 23.5 Å². The zero-order chi connectivity index (χ0) is 21.8. The summed E-state index contributed by atoms with van der Waals surface area (Å²) >= 11 is 1.58.